The van der Waals surface area contributed by atoms with Gasteiger partial charge in [-0.1, -0.05) is 18.2 Å². The number of amides is 1. The van der Waals surface area contributed by atoms with E-state index in [2.05, 4.69) is 5.32 Å². The molecule has 1 N–H and O–H groups in total. The van der Waals surface area contributed by atoms with Crippen molar-refractivity contribution >= 4 is 21.6 Å². The van der Waals surface area contributed by atoms with Crippen molar-refractivity contribution < 1.29 is 22.0 Å². The molecule has 2 rings (SSSR count). The van der Waals surface area contributed by atoms with Gasteiger partial charge in [-0.3, -0.25) is 4.79 Å². The number of sulfonamides is 1. The largest absolute Gasteiger partial charge is 0.325 e. The fourth-order valence-electron chi connectivity index (χ4n) is 2.23. The minimum atomic E-state index is -4.48. The van der Waals surface area contributed by atoms with Crippen molar-refractivity contribution in [2.75, 3.05) is 18.9 Å². The van der Waals surface area contributed by atoms with E-state index in [0.29, 0.717) is 9.99 Å². The molecule has 0 unspecified atom stereocenters. The first-order valence-corrected chi connectivity index (χ1v) is 8.84. The van der Waals surface area contributed by atoms with Crippen LogP contribution in [0.25, 0.3) is 0 Å². The third kappa shape index (κ3) is 4.21. The minimum absolute atomic E-state index is 0.549. The van der Waals surface area contributed by atoms with Gasteiger partial charge in [-0.25, -0.2) is 17.2 Å². The molecule has 0 aliphatic rings. The average molecular weight is 368 g/mol. The van der Waals surface area contributed by atoms with Crippen LogP contribution in [0.15, 0.2) is 41.3 Å². The van der Waals surface area contributed by atoms with Crippen molar-refractivity contribution in [3.63, 3.8) is 0 Å². The van der Waals surface area contributed by atoms with E-state index in [-0.39, 0.29) is 0 Å². The molecule has 0 aliphatic carbocycles. The lowest BCUT2D eigenvalue weighted by Crippen LogP contribution is -2.35. The molecule has 0 radical (unpaired) electrons. The molecule has 0 atom stereocenters. The third-order valence-electron chi connectivity index (χ3n) is 3.62. The molecule has 1 amide bonds. The van der Waals surface area contributed by atoms with Gasteiger partial charge in [0.15, 0.2) is 4.90 Å². The summed E-state index contributed by atoms with van der Waals surface area (Å²) in [5, 5.41) is 2.60. The van der Waals surface area contributed by atoms with Gasteiger partial charge in [0.2, 0.25) is 15.9 Å². The normalized spacial score (nSPS) is 11.6. The maximum absolute atomic E-state index is 13.7. The number of halogens is 2. The summed E-state index contributed by atoms with van der Waals surface area (Å²) in [6.07, 6.45) is 0. The van der Waals surface area contributed by atoms with E-state index in [1.165, 1.54) is 0 Å². The van der Waals surface area contributed by atoms with Crippen molar-refractivity contribution in [3.8, 4) is 0 Å². The van der Waals surface area contributed by atoms with Gasteiger partial charge < -0.3 is 5.32 Å². The van der Waals surface area contributed by atoms with Crippen LogP contribution in [-0.2, 0) is 14.8 Å². The van der Waals surface area contributed by atoms with Gasteiger partial charge in [-0.05, 0) is 43.2 Å². The predicted molar refractivity (Wildman–Crippen MR) is 90.7 cm³/mol. The zero-order valence-electron chi connectivity index (χ0n) is 14.0. The summed E-state index contributed by atoms with van der Waals surface area (Å²) >= 11 is 0. The lowest BCUT2D eigenvalue weighted by molar-refractivity contribution is -0.116. The molecular weight excluding hydrogens is 350 g/mol. The average Bonchev–Trinajstić information content (AvgIpc) is 2.50. The second kappa shape index (κ2) is 7.28. The second-order valence-corrected chi connectivity index (χ2v) is 7.66. The molecular formula is C17H18F2N2O3S. The van der Waals surface area contributed by atoms with Crippen molar-refractivity contribution in [3.05, 3.63) is 59.2 Å². The highest BCUT2D eigenvalue weighted by molar-refractivity contribution is 7.89. The molecule has 8 heteroatoms. The van der Waals surface area contributed by atoms with Gasteiger partial charge >= 0.3 is 0 Å². The van der Waals surface area contributed by atoms with E-state index in [1.54, 1.807) is 13.0 Å². The van der Waals surface area contributed by atoms with E-state index in [1.807, 2.05) is 19.1 Å². The smallest absolute Gasteiger partial charge is 0.249 e. The van der Waals surface area contributed by atoms with Crippen molar-refractivity contribution in [2.45, 2.75) is 18.7 Å². The number of hydrogen-bond acceptors (Lipinski definition) is 3. The van der Waals surface area contributed by atoms with E-state index in [0.717, 1.165) is 36.4 Å². The van der Waals surface area contributed by atoms with E-state index in [4.69, 9.17) is 0 Å². The number of nitrogens with one attached hydrogen (secondary N) is 1. The maximum atomic E-state index is 13.7. The Hall–Kier alpha value is -2.32. The molecule has 0 bridgehead atoms. The molecule has 0 saturated carbocycles. The van der Waals surface area contributed by atoms with Gasteiger partial charge in [-0.2, -0.15) is 4.31 Å². The van der Waals surface area contributed by atoms with Crippen LogP contribution in [0.5, 0.6) is 0 Å². The lowest BCUT2D eigenvalue weighted by atomic mass is 10.1. The van der Waals surface area contributed by atoms with Crippen LogP contribution in [-0.4, -0.2) is 32.2 Å². The van der Waals surface area contributed by atoms with Crippen molar-refractivity contribution in [1.29, 1.82) is 0 Å². The van der Waals surface area contributed by atoms with Gasteiger partial charge in [0, 0.05) is 12.7 Å². The van der Waals surface area contributed by atoms with Gasteiger partial charge in [0.25, 0.3) is 0 Å². The Morgan fingerprint density at radius 3 is 2.32 bits per heavy atom. The van der Waals surface area contributed by atoms with Crippen molar-refractivity contribution in [2.24, 2.45) is 0 Å². The molecule has 2 aromatic carbocycles. The molecule has 0 aromatic heterocycles. The summed E-state index contributed by atoms with van der Waals surface area (Å²) in [5.74, 6) is -3.03. The van der Waals surface area contributed by atoms with Crippen LogP contribution in [0.1, 0.15) is 11.1 Å². The number of carbonyl (C=O) groups excluding carboxylic acids is 1. The monoisotopic (exact) mass is 368 g/mol. The van der Waals surface area contributed by atoms with E-state index < -0.39 is 39.0 Å². The Kier molecular flexibility index (Phi) is 5.54. The fourth-order valence-corrected chi connectivity index (χ4v) is 3.46. The van der Waals surface area contributed by atoms with E-state index in [9.17, 15) is 22.0 Å². The summed E-state index contributed by atoms with van der Waals surface area (Å²) in [5.41, 5.74) is 2.28. The maximum Gasteiger partial charge on any atom is 0.249 e. The first kappa shape index (κ1) is 19.0. The zero-order valence-corrected chi connectivity index (χ0v) is 14.8. The van der Waals surface area contributed by atoms with Crippen LogP contribution in [0, 0.1) is 25.5 Å². The van der Waals surface area contributed by atoms with E-state index >= 15 is 0 Å². The van der Waals surface area contributed by atoms with Crippen LogP contribution in [0.3, 0.4) is 0 Å². The molecule has 0 spiro atoms. The number of hydrogen-bond donors (Lipinski definition) is 1. The zero-order chi connectivity index (χ0) is 18.8. The SMILES string of the molecule is Cc1ccc(C)c(NC(=O)CN(C)S(=O)(=O)c2c(F)cccc2F)c1. The Morgan fingerprint density at radius 2 is 1.72 bits per heavy atom. The predicted octanol–water partition coefficient (Wildman–Crippen LogP) is 2.84. The number of benzene rings is 2. The van der Waals surface area contributed by atoms with Gasteiger partial charge in [-0.15, -0.1) is 0 Å². The Balaban J connectivity index is 2.19. The topological polar surface area (TPSA) is 66.5 Å². The molecule has 0 fully saturated rings. The highest BCUT2D eigenvalue weighted by Gasteiger charge is 2.29. The van der Waals surface area contributed by atoms with Crippen molar-refractivity contribution in [1.82, 2.24) is 4.31 Å². The quantitative estimate of drug-likeness (QED) is 0.883. The third-order valence-corrected chi connectivity index (χ3v) is 5.48. The highest BCUT2D eigenvalue weighted by Crippen LogP contribution is 2.22. The Labute approximate surface area is 145 Å². The van der Waals surface area contributed by atoms with Crippen LogP contribution >= 0.6 is 0 Å². The lowest BCUT2D eigenvalue weighted by Gasteiger charge is -2.18. The number of carbonyl (C=O) groups is 1. The fraction of sp³-hybridized carbons (Fsp3) is 0.235. The van der Waals surface area contributed by atoms with Crippen LogP contribution in [0.4, 0.5) is 14.5 Å². The van der Waals surface area contributed by atoms with Gasteiger partial charge in [0.05, 0.1) is 6.54 Å². The Bertz CT molecular complexity index is 894. The summed E-state index contributed by atoms with van der Waals surface area (Å²) in [6, 6.07) is 8.21. The number of rotatable bonds is 5. The molecule has 0 saturated heterocycles. The van der Waals surface area contributed by atoms with Gasteiger partial charge in [0.1, 0.15) is 11.6 Å². The minimum Gasteiger partial charge on any atom is -0.325 e. The highest BCUT2D eigenvalue weighted by atomic mass is 32.2. The number of anilines is 1. The number of nitrogens with zero attached hydrogens (tertiary/aromatic N) is 1. The summed E-state index contributed by atoms with van der Waals surface area (Å²) in [6.45, 7) is 3.07. The van der Waals surface area contributed by atoms with Crippen LogP contribution in [0.2, 0.25) is 0 Å². The summed E-state index contributed by atoms with van der Waals surface area (Å²) in [7, 11) is -3.40. The molecule has 0 aliphatic heterocycles. The molecule has 5 nitrogen and oxygen atoms in total. The molecule has 25 heavy (non-hydrogen) atoms. The van der Waals surface area contributed by atoms with Crippen LogP contribution < -0.4 is 5.32 Å². The molecule has 2 aromatic rings. The standard InChI is InChI=1S/C17H18F2N2O3S/c1-11-7-8-12(2)15(9-11)20-16(22)10-21(3)25(23,24)17-13(18)5-4-6-14(17)19/h4-9H,10H2,1-3H3,(H,20,22). The first-order chi connectivity index (χ1) is 11.6. The Morgan fingerprint density at radius 1 is 1.12 bits per heavy atom. The number of likely N-dealkylation sites (N-methyl/N-ethyl adjacent to an activating group) is 1. The summed E-state index contributed by atoms with van der Waals surface area (Å²) in [4.78, 5) is 11.1. The summed E-state index contributed by atoms with van der Waals surface area (Å²) < 4.78 is 52.8. The molecule has 0 heterocycles. The first-order valence-electron chi connectivity index (χ1n) is 7.40. The second-order valence-electron chi connectivity index (χ2n) is 5.68. The number of aryl methyl sites for hydroxylation is 2. The molecule has 134 valence electrons.